The van der Waals surface area contributed by atoms with Crippen molar-refractivity contribution >= 4 is 85.5 Å². The van der Waals surface area contributed by atoms with Crippen LogP contribution in [0, 0.1) is 0 Å². The molecule has 1 unspecified atom stereocenters. The number of fused-ring (bicyclic) bond motifs is 7. The third kappa shape index (κ3) is 7.78. The Morgan fingerprint density at radius 3 is 1.99 bits per heavy atom. The van der Waals surface area contributed by atoms with Gasteiger partial charge in [0.2, 0.25) is 0 Å². The molecule has 0 radical (unpaired) electrons. The maximum atomic E-state index is 3.97. The highest BCUT2D eigenvalue weighted by Crippen LogP contribution is 2.57. The van der Waals surface area contributed by atoms with E-state index >= 15 is 0 Å². The molecule has 0 fully saturated rings. The van der Waals surface area contributed by atoms with Gasteiger partial charge in [0.05, 0.1) is 22.5 Å². The van der Waals surface area contributed by atoms with Gasteiger partial charge in [-0.15, -0.1) is 0 Å². The Morgan fingerprint density at radius 1 is 0.620 bits per heavy atom. The zero-order valence-corrected chi connectivity index (χ0v) is 42.0. The molecule has 71 heavy (non-hydrogen) atoms. The van der Waals surface area contributed by atoms with Crippen LogP contribution in [0.1, 0.15) is 67.9 Å². The molecule has 1 atom stereocenters. The van der Waals surface area contributed by atoms with E-state index in [1.807, 2.05) is 35.7 Å². The number of allylic oxidation sites excluding steroid dienone is 12. The normalized spacial score (nSPS) is 17.7. The molecular weight excluding hydrogens is 897 g/mol. The van der Waals surface area contributed by atoms with Crippen LogP contribution in [0.5, 0.6) is 0 Å². The minimum atomic E-state index is -0.524. The molecule has 0 bridgehead atoms. The molecule has 0 saturated carbocycles. The van der Waals surface area contributed by atoms with E-state index in [2.05, 4.69) is 250 Å². The van der Waals surface area contributed by atoms with Gasteiger partial charge in [-0.3, -0.25) is 0 Å². The summed E-state index contributed by atoms with van der Waals surface area (Å²) in [5, 5.41) is 4.98. The first kappa shape index (κ1) is 44.7. The molecule has 0 aromatic heterocycles. The summed E-state index contributed by atoms with van der Waals surface area (Å²) in [7, 11) is 0. The number of nitrogens with zero attached hydrogens (tertiary/aromatic N) is 2. The lowest BCUT2D eigenvalue weighted by Gasteiger charge is -2.38. The summed E-state index contributed by atoms with van der Waals surface area (Å²) in [6, 6.07) is 63.0. The quantitative estimate of drug-likeness (QED) is 0.0808. The van der Waals surface area contributed by atoms with Crippen LogP contribution in [-0.4, -0.2) is 0 Å². The van der Waals surface area contributed by atoms with Gasteiger partial charge < -0.3 is 9.80 Å². The van der Waals surface area contributed by atoms with Crippen LogP contribution in [0.25, 0.3) is 39.3 Å². The Labute approximate surface area is 427 Å². The first-order valence-electron chi connectivity index (χ1n) is 24.8. The van der Waals surface area contributed by atoms with Gasteiger partial charge in [0.1, 0.15) is 0 Å². The van der Waals surface area contributed by atoms with E-state index in [1.54, 1.807) is 0 Å². The first-order valence-corrected chi connectivity index (χ1v) is 26.4. The van der Waals surface area contributed by atoms with Gasteiger partial charge in [0.25, 0.3) is 0 Å². The summed E-state index contributed by atoms with van der Waals surface area (Å²) in [6.45, 7) is 10.8. The zero-order chi connectivity index (χ0) is 48.1. The van der Waals surface area contributed by atoms with Gasteiger partial charge in [-0.1, -0.05) is 182 Å². The molecule has 0 amide bonds. The van der Waals surface area contributed by atoms with Crippen molar-refractivity contribution < 1.29 is 0 Å². The summed E-state index contributed by atoms with van der Waals surface area (Å²) in [4.78, 5) is 9.87. The molecule has 2 nitrogen and oxygen atoms in total. The van der Waals surface area contributed by atoms with Gasteiger partial charge in [-0.2, -0.15) is 0 Å². The number of rotatable bonds is 9. The minimum absolute atomic E-state index is 0.524. The average Bonchev–Trinajstić information content (AvgIpc) is 3.55. The van der Waals surface area contributed by atoms with Crippen LogP contribution >= 0.6 is 23.5 Å². The summed E-state index contributed by atoms with van der Waals surface area (Å²) >= 11 is 3.67. The van der Waals surface area contributed by atoms with E-state index in [-0.39, 0.29) is 0 Å². The summed E-state index contributed by atoms with van der Waals surface area (Å²) < 4.78 is 0. The Kier molecular flexibility index (Phi) is 11.8. The fraction of sp³-hybridized carbons (Fsp3) is 0.104. The molecule has 2 aliphatic heterocycles. The van der Waals surface area contributed by atoms with Gasteiger partial charge in [-0.25, -0.2) is 0 Å². The lowest BCUT2D eigenvalue weighted by molar-refractivity contribution is 0.750. The highest BCUT2D eigenvalue weighted by Gasteiger charge is 2.47. The lowest BCUT2D eigenvalue weighted by atomic mass is 9.65. The first-order chi connectivity index (χ1) is 34.9. The molecule has 0 saturated heterocycles. The molecule has 8 aromatic carbocycles. The molecule has 12 rings (SSSR count). The third-order valence-electron chi connectivity index (χ3n) is 14.6. The van der Waals surface area contributed by atoms with Crippen LogP contribution in [0.2, 0.25) is 0 Å². The molecule has 0 spiro atoms. The second-order valence-corrected chi connectivity index (χ2v) is 21.0. The van der Waals surface area contributed by atoms with Crippen LogP contribution in [0.4, 0.5) is 22.7 Å². The van der Waals surface area contributed by atoms with Crippen molar-refractivity contribution in [3.63, 3.8) is 0 Å². The fourth-order valence-corrected chi connectivity index (χ4v) is 13.5. The van der Waals surface area contributed by atoms with Gasteiger partial charge in [-0.05, 0) is 179 Å². The Morgan fingerprint density at radius 2 is 1.25 bits per heavy atom. The average molecular weight is 951 g/mol. The van der Waals surface area contributed by atoms with E-state index in [9.17, 15) is 0 Å². The summed E-state index contributed by atoms with van der Waals surface area (Å²) in [5.74, 6) is 0. The van der Waals surface area contributed by atoms with Gasteiger partial charge in [0.15, 0.2) is 0 Å². The maximum absolute atomic E-state index is 3.97. The largest absolute Gasteiger partial charge is 0.316 e. The van der Waals surface area contributed by atoms with Crippen molar-refractivity contribution in [1.29, 1.82) is 0 Å². The predicted octanol–water partition coefficient (Wildman–Crippen LogP) is 19.3. The SMILES string of the molecule is C=C/C=C\C1=C(C)N(/C(C)=C/C2=C(C)c3ccc(/C=C/c4ccc5c(ccc6cc(N7c8ccccc8Sc8ccccc87)ccc65)c4)cc3C2(C2=CCCCC=C2)c2ccccc2)c2ccccc2S1. The maximum Gasteiger partial charge on any atom is 0.0707 e. The highest BCUT2D eigenvalue weighted by molar-refractivity contribution is 8.03. The number of para-hydroxylation sites is 3. The molecule has 344 valence electrons. The van der Waals surface area contributed by atoms with E-state index < -0.39 is 5.41 Å². The van der Waals surface area contributed by atoms with Crippen molar-refractivity contribution in [2.45, 2.75) is 60.1 Å². The molecule has 8 aromatic rings. The summed E-state index contributed by atoms with van der Waals surface area (Å²) in [6.07, 6.45) is 23.8. The Bertz CT molecular complexity index is 3650. The number of anilines is 4. The standard InChI is InChI=1S/C67H54N2S2/c1-5-6-27-63-47(4)68(60-24-14-17-28-64(60)70-63)45(2)41-58-46(3)55-38-33-49(43-59(55)67(58,53-22-12-9-13-23-53)52-20-10-7-8-11-21-52)32-31-48-34-39-56-50(42-48)35-36-51-44-54(37-40-57(51)56)69-61-25-15-18-29-65(61)71-66-30-19-16-26-62(66)69/h5-6,9-10,12-44H,1,7-8,11H2,2-4H3/b27-6-,32-31+,45-41+. The van der Waals surface area contributed by atoms with Crippen LogP contribution < -0.4 is 9.80 Å². The number of benzene rings is 8. The topological polar surface area (TPSA) is 6.48 Å². The molecule has 4 aliphatic rings. The highest BCUT2D eigenvalue weighted by atomic mass is 32.2. The van der Waals surface area contributed by atoms with E-state index in [0.717, 1.165) is 19.3 Å². The number of hydrogen-bond acceptors (Lipinski definition) is 4. The molecule has 0 N–H and O–H groups in total. The summed E-state index contributed by atoms with van der Waals surface area (Å²) in [5.41, 5.74) is 16.9. The van der Waals surface area contributed by atoms with Crippen LogP contribution in [-0.2, 0) is 5.41 Å². The molecule has 2 aliphatic carbocycles. The second kappa shape index (κ2) is 18.7. The van der Waals surface area contributed by atoms with E-state index in [4.69, 9.17) is 0 Å². The lowest BCUT2D eigenvalue weighted by Crippen LogP contribution is -2.31. The van der Waals surface area contributed by atoms with Crippen LogP contribution in [0.3, 0.4) is 0 Å². The van der Waals surface area contributed by atoms with E-state index in [1.165, 1.54) is 120 Å². The smallest absolute Gasteiger partial charge is 0.0707 e. The minimum Gasteiger partial charge on any atom is -0.316 e. The number of thioether (sulfide) groups is 1. The monoisotopic (exact) mass is 950 g/mol. The van der Waals surface area contributed by atoms with Crippen molar-refractivity contribution in [2.75, 3.05) is 9.80 Å². The fourth-order valence-electron chi connectivity index (χ4n) is 11.4. The van der Waals surface area contributed by atoms with Crippen molar-refractivity contribution in [1.82, 2.24) is 0 Å². The van der Waals surface area contributed by atoms with Crippen molar-refractivity contribution in [3.05, 3.63) is 274 Å². The van der Waals surface area contributed by atoms with Crippen LogP contribution in [0.15, 0.2) is 261 Å². The van der Waals surface area contributed by atoms with Gasteiger partial charge >= 0.3 is 0 Å². The number of hydrogen-bond donors (Lipinski definition) is 0. The van der Waals surface area contributed by atoms with Gasteiger partial charge in [0, 0.05) is 36.7 Å². The van der Waals surface area contributed by atoms with Crippen molar-refractivity contribution in [3.8, 4) is 0 Å². The Balaban J connectivity index is 0.927. The van der Waals surface area contributed by atoms with Crippen molar-refractivity contribution in [2.24, 2.45) is 0 Å². The Hall–Kier alpha value is -7.50. The van der Waals surface area contributed by atoms with E-state index in [0.29, 0.717) is 0 Å². The second-order valence-electron chi connectivity index (χ2n) is 18.8. The molecule has 4 heteroatoms. The third-order valence-corrected chi connectivity index (χ3v) is 17.0. The zero-order valence-electron chi connectivity index (χ0n) is 40.4. The molecule has 2 heterocycles. The predicted molar refractivity (Wildman–Crippen MR) is 307 cm³/mol. The molecular formula is C67H54N2S2.